The molecule has 0 aromatic rings. The lowest BCUT2D eigenvalue weighted by Crippen LogP contribution is -2.36. The third-order valence-corrected chi connectivity index (χ3v) is 3.74. The van der Waals surface area contributed by atoms with Crippen LogP contribution in [0.4, 0.5) is 0 Å². The van der Waals surface area contributed by atoms with Gasteiger partial charge >= 0.3 is 0 Å². The van der Waals surface area contributed by atoms with Crippen molar-refractivity contribution >= 4 is 8.58 Å². The molecule has 0 amide bonds. The molecule has 0 spiro atoms. The Kier molecular flexibility index (Phi) is 4.40. The molecular formula is C9H20NP. The third-order valence-electron chi connectivity index (χ3n) is 2.45. The molecule has 1 heterocycles. The Morgan fingerprint density at radius 3 is 3.00 bits per heavy atom. The predicted octanol–water partition coefficient (Wildman–Crippen LogP) is 2.17. The van der Waals surface area contributed by atoms with E-state index in [0.717, 1.165) is 14.2 Å². The average molecular weight is 173 g/mol. The molecule has 2 atom stereocenters. The van der Waals surface area contributed by atoms with Gasteiger partial charge in [-0.3, -0.25) is 0 Å². The molecule has 66 valence electrons. The van der Waals surface area contributed by atoms with Crippen LogP contribution in [-0.2, 0) is 0 Å². The molecule has 2 heteroatoms. The molecule has 0 aliphatic carbocycles. The van der Waals surface area contributed by atoms with E-state index in [9.17, 15) is 0 Å². The first kappa shape index (κ1) is 9.48. The van der Waals surface area contributed by atoms with Gasteiger partial charge < -0.3 is 4.90 Å². The van der Waals surface area contributed by atoms with Crippen molar-refractivity contribution < 1.29 is 0 Å². The zero-order valence-corrected chi connectivity index (χ0v) is 8.77. The number of hydrogen-bond donors (Lipinski definition) is 0. The van der Waals surface area contributed by atoms with E-state index < -0.39 is 0 Å². The predicted molar refractivity (Wildman–Crippen MR) is 54.0 cm³/mol. The Morgan fingerprint density at radius 1 is 1.55 bits per heavy atom. The molecule has 1 rings (SSSR count). The highest BCUT2D eigenvalue weighted by atomic mass is 31.1. The number of likely N-dealkylation sites (tertiary alicyclic amines) is 1. The monoisotopic (exact) mass is 173 g/mol. The average Bonchev–Trinajstić information content (AvgIpc) is 2.06. The Balaban J connectivity index is 2.21. The first-order valence-corrected chi connectivity index (χ1v) is 6.34. The smallest absolute Gasteiger partial charge is 0.00466 e. The molecule has 1 fully saturated rings. The maximum absolute atomic E-state index is 2.63. The lowest BCUT2D eigenvalue weighted by atomic mass is 10.1. The summed E-state index contributed by atoms with van der Waals surface area (Å²) >= 11 is 0. The van der Waals surface area contributed by atoms with Crippen LogP contribution in [0, 0.1) is 0 Å². The molecule has 1 nitrogen and oxygen atoms in total. The van der Waals surface area contributed by atoms with Crippen molar-refractivity contribution in [1.82, 2.24) is 4.90 Å². The summed E-state index contributed by atoms with van der Waals surface area (Å²) in [5, 5.41) is 0. The SMILES string of the molecule is CCCN1CCCC(PC)C1. The van der Waals surface area contributed by atoms with E-state index in [0.29, 0.717) is 0 Å². The van der Waals surface area contributed by atoms with Crippen LogP contribution in [0.3, 0.4) is 0 Å². The Hall–Kier alpha value is 0.390. The maximum Gasteiger partial charge on any atom is 0.00466 e. The van der Waals surface area contributed by atoms with Crippen LogP contribution in [0.25, 0.3) is 0 Å². The lowest BCUT2D eigenvalue weighted by Gasteiger charge is -2.31. The molecule has 0 bridgehead atoms. The minimum absolute atomic E-state index is 1.02. The number of nitrogens with zero attached hydrogens (tertiary/aromatic N) is 1. The third kappa shape index (κ3) is 3.09. The number of piperidine rings is 1. The van der Waals surface area contributed by atoms with Crippen molar-refractivity contribution in [2.45, 2.75) is 31.8 Å². The van der Waals surface area contributed by atoms with Gasteiger partial charge in [-0.1, -0.05) is 6.92 Å². The van der Waals surface area contributed by atoms with Crippen LogP contribution in [-0.4, -0.2) is 36.9 Å². The highest BCUT2D eigenvalue weighted by Crippen LogP contribution is 2.24. The van der Waals surface area contributed by atoms with Gasteiger partial charge in [-0.15, -0.1) is 8.58 Å². The van der Waals surface area contributed by atoms with Gasteiger partial charge in [0.25, 0.3) is 0 Å². The molecule has 0 radical (unpaired) electrons. The fourth-order valence-corrected chi connectivity index (χ4v) is 2.74. The summed E-state index contributed by atoms with van der Waals surface area (Å²) in [6, 6.07) is 0. The summed E-state index contributed by atoms with van der Waals surface area (Å²) in [4.78, 5) is 2.63. The largest absolute Gasteiger partial charge is 0.303 e. The van der Waals surface area contributed by atoms with E-state index >= 15 is 0 Å². The molecule has 11 heavy (non-hydrogen) atoms. The molecule has 1 aliphatic rings. The summed E-state index contributed by atoms with van der Waals surface area (Å²) in [6.45, 7) is 8.68. The van der Waals surface area contributed by atoms with Crippen LogP contribution in [0.1, 0.15) is 26.2 Å². The zero-order valence-electron chi connectivity index (χ0n) is 7.77. The zero-order chi connectivity index (χ0) is 8.10. The molecule has 0 aromatic heterocycles. The summed E-state index contributed by atoms with van der Waals surface area (Å²) in [5.74, 6) is 0. The fourth-order valence-electron chi connectivity index (χ4n) is 1.81. The summed E-state index contributed by atoms with van der Waals surface area (Å²) in [5.41, 5.74) is 1.02. The van der Waals surface area contributed by atoms with Crippen molar-refractivity contribution in [3.05, 3.63) is 0 Å². The molecule has 1 saturated heterocycles. The van der Waals surface area contributed by atoms with Crippen LogP contribution >= 0.6 is 8.58 Å². The summed E-state index contributed by atoms with van der Waals surface area (Å²) < 4.78 is 0. The molecule has 0 saturated carbocycles. The highest BCUT2D eigenvalue weighted by Gasteiger charge is 2.16. The van der Waals surface area contributed by atoms with E-state index in [4.69, 9.17) is 0 Å². The minimum atomic E-state index is 1.02. The van der Waals surface area contributed by atoms with Crippen molar-refractivity contribution in [3.8, 4) is 0 Å². The van der Waals surface area contributed by atoms with Crippen LogP contribution in [0.5, 0.6) is 0 Å². The lowest BCUT2D eigenvalue weighted by molar-refractivity contribution is 0.234. The second-order valence-electron chi connectivity index (χ2n) is 3.43. The van der Waals surface area contributed by atoms with Crippen LogP contribution < -0.4 is 0 Å². The van der Waals surface area contributed by atoms with Crippen molar-refractivity contribution in [2.24, 2.45) is 0 Å². The van der Waals surface area contributed by atoms with E-state index in [-0.39, 0.29) is 0 Å². The van der Waals surface area contributed by atoms with Gasteiger partial charge in [0.1, 0.15) is 0 Å². The Bertz CT molecular complexity index is 104. The number of rotatable bonds is 3. The second-order valence-corrected chi connectivity index (χ2v) is 4.82. The van der Waals surface area contributed by atoms with E-state index in [1.165, 1.54) is 38.9 Å². The second kappa shape index (κ2) is 5.11. The van der Waals surface area contributed by atoms with Gasteiger partial charge in [-0.05, 0) is 44.7 Å². The minimum Gasteiger partial charge on any atom is -0.303 e. The van der Waals surface area contributed by atoms with Crippen molar-refractivity contribution in [1.29, 1.82) is 0 Å². The Morgan fingerprint density at radius 2 is 2.36 bits per heavy atom. The van der Waals surface area contributed by atoms with Crippen LogP contribution in [0.2, 0.25) is 0 Å². The molecular weight excluding hydrogens is 153 g/mol. The van der Waals surface area contributed by atoms with E-state index in [2.05, 4.69) is 18.5 Å². The summed E-state index contributed by atoms with van der Waals surface area (Å²) in [6.07, 6.45) is 4.24. The molecule has 0 N–H and O–H groups in total. The van der Waals surface area contributed by atoms with Gasteiger partial charge in [-0.25, -0.2) is 0 Å². The van der Waals surface area contributed by atoms with Gasteiger partial charge in [-0.2, -0.15) is 0 Å². The standard InChI is InChI=1S/C9H20NP/c1-3-6-10-7-4-5-9(8-10)11-2/h9,11H,3-8H2,1-2H3. The topological polar surface area (TPSA) is 3.24 Å². The molecule has 1 aliphatic heterocycles. The van der Waals surface area contributed by atoms with Crippen molar-refractivity contribution in [2.75, 3.05) is 26.3 Å². The van der Waals surface area contributed by atoms with E-state index in [1.54, 1.807) is 0 Å². The van der Waals surface area contributed by atoms with Gasteiger partial charge in [0.15, 0.2) is 0 Å². The van der Waals surface area contributed by atoms with Gasteiger partial charge in [0.2, 0.25) is 0 Å². The van der Waals surface area contributed by atoms with Gasteiger partial charge in [0.05, 0.1) is 0 Å². The summed E-state index contributed by atoms with van der Waals surface area (Å²) in [7, 11) is 1.16. The molecule has 0 aromatic carbocycles. The molecule has 2 unspecified atom stereocenters. The quantitative estimate of drug-likeness (QED) is 0.591. The first-order valence-electron chi connectivity index (χ1n) is 4.76. The van der Waals surface area contributed by atoms with E-state index in [1.807, 2.05) is 0 Å². The highest BCUT2D eigenvalue weighted by molar-refractivity contribution is 7.37. The number of hydrogen-bond acceptors (Lipinski definition) is 1. The van der Waals surface area contributed by atoms with Crippen molar-refractivity contribution in [3.63, 3.8) is 0 Å². The van der Waals surface area contributed by atoms with Crippen LogP contribution in [0.15, 0.2) is 0 Å². The fraction of sp³-hybridized carbons (Fsp3) is 1.00. The first-order chi connectivity index (χ1) is 5.36. The Labute approximate surface area is 72.3 Å². The normalized spacial score (nSPS) is 28.4. The maximum atomic E-state index is 2.63. The van der Waals surface area contributed by atoms with Gasteiger partial charge in [0, 0.05) is 6.54 Å².